The molecular weight excluding hydrogens is 571 g/mol. The van der Waals surface area contributed by atoms with E-state index in [9.17, 15) is 0 Å². The maximum atomic E-state index is 4.57. The number of pyridine rings is 2. The van der Waals surface area contributed by atoms with E-state index in [0.29, 0.717) is 34.7 Å². The van der Waals surface area contributed by atoms with Crippen LogP contribution in [0.15, 0.2) is 48.8 Å². The summed E-state index contributed by atoms with van der Waals surface area (Å²) < 4.78 is 0. The molecule has 4 rings (SSSR count). The summed E-state index contributed by atoms with van der Waals surface area (Å²) in [6.07, 6.45) is 3.50. The van der Waals surface area contributed by atoms with Crippen molar-refractivity contribution in [1.29, 1.82) is 0 Å². The molecule has 4 heterocycles. The molecule has 31 heavy (non-hydrogen) atoms. The second-order valence-electron chi connectivity index (χ2n) is 8.85. The SMILES string of the molecule is CC(C)(C)c1n[n-]c(-c2cccc(-c3nc(C(C)(C)C)n[n-]3)n2)n1.[Pt+2].c1ccncc1. The normalized spacial score (nSPS) is 11.3. The Hall–Kier alpha value is -2.73. The monoisotopic (exact) mass is 597 g/mol. The van der Waals surface area contributed by atoms with Crippen LogP contribution >= 0.6 is 0 Å². The minimum atomic E-state index is -0.150. The summed E-state index contributed by atoms with van der Waals surface area (Å²) in [5.74, 6) is 2.42. The van der Waals surface area contributed by atoms with Gasteiger partial charge >= 0.3 is 21.1 Å². The first-order valence-corrected chi connectivity index (χ1v) is 9.73. The van der Waals surface area contributed by atoms with Crippen LogP contribution in [0.2, 0.25) is 0 Å². The molecule has 0 aliphatic carbocycles. The zero-order valence-corrected chi connectivity index (χ0v) is 20.8. The Morgan fingerprint density at radius 1 is 0.613 bits per heavy atom. The van der Waals surface area contributed by atoms with Crippen molar-refractivity contribution < 1.29 is 21.1 Å². The molecule has 8 nitrogen and oxygen atoms in total. The van der Waals surface area contributed by atoms with Gasteiger partial charge in [0.05, 0.1) is 11.4 Å². The molecular formula is C22H26N8Pt. The first-order valence-electron chi connectivity index (χ1n) is 9.73. The Balaban J connectivity index is 0.000000422. The molecule has 0 aliphatic rings. The standard InChI is InChI=1S/C17H21N7.C5H5N.Pt/c1-16(2,3)14-19-12(21-23-14)10-8-7-9-11(18-10)13-20-15(24-22-13)17(4,5)6;1-2-4-6-5-3-1;/h7-9H,1-6H3;1-5H;/q-2;;+2. The maximum absolute atomic E-state index is 4.57. The summed E-state index contributed by atoms with van der Waals surface area (Å²) in [7, 11) is 0. The molecule has 0 aliphatic heterocycles. The predicted molar refractivity (Wildman–Crippen MR) is 115 cm³/mol. The minimum absolute atomic E-state index is 0. The average molecular weight is 598 g/mol. The van der Waals surface area contributed by atoms with Gasteiger partial charge in [-0.25, -0.2) is 4.98 Å². The summed E-state index contributed by atoms with van der Waals surface area (Å²) >= 11 is 0. The van der Waals surface area contributed by atoms with Crippen LogP contribution in [0, 0.1) is 0 Å². The zero-order valence-electron chi connectivity index (χ0n) is 18.5. The number of nitrogens with zero attached hydrogens (tertiary/aromatic N) is 8. The third kappa shape index (κ3) is 6.62. The van der Waals surface area contributed by atoms with Crippen molar-refractivity contribution >= 4 is 0 Å². The summed E-state index contributed by atoms with van der Waals surface area (Å²) in [6, 6.07) is 11.3. The molecule has 0 spiro atoms. The molecule has 0 unspecified atom stereocenters. The molecule has 0 radical (unpaired) electrons. The second kappa shape index (κ2) is 10.1. The van der Waals surface area contributed by atoms with Gasteiger partial charge in [-0.05, 0) is 35.9 Å². The van der Waals surface area contributed by atoms with Gasteiger partial charge in [0.1, 0.15) is 0 Å². The van der Waals surface area contributed by atoms with E-state index < -0.39 is 0 Å². The fourth-order valence-electron chi connectivity index (χ4n) is 2.33. The fourth-order valence-corrected chi connectivity index (χ4v) is 2.33. The van der Waals surface area contributed by atoms with Gasteiger partial charge in [-0.15, -0.1) is 0 Å². The summed E-state index contributed by atoms with van der Waals surface area (Å²) in [5, 5.41) is 16.6. The molecule has 0 fully saturated rings. The zero-order chi connectivity index (χ0) is 21.8. The minimum Gasteiger partial charge on any atom is -0.420 e. The summed E-state index contributed by atoms with van der Waals surface area (Å²) in [6.45, 7) is 12.3. The van der Waals surface area contributed by atoms with Crippen molar-refractivity contribution in [1.82, 2.24) is 40.3 Å². The Morgan fingerprint density at radius 3 is 1.35 bits per heavy atom. The first-order chi connectivity index (χ1) is 14.1. The Kier molecular flexibility index (Phi) is 7.96. The van der Waals surface area contributed by atoms with Crippen LogP contribution in [0.4, 0.5) is 0 Å². The van der Waals surface area contributed by atoms with Crippen LogP contribution in [0.5, 0.6) is 0 Å². The smallest absolute Gasteiger partial charge is 0.420 e. The van der Waals surface area contributed by atoms with E-state index in [0.717, 1.165) is 0 Å². The molecule has 164 valence electrons. The second-order valence-corrected chi connectivity index (χ2v) is 8.85. The first kappa shape index (κ1) is 24.5. The molecule has 0 saturated carbocycles. The van der Waals surface area contributed by atoms with Crippen LogP contribution in [0.25, 0.3) is 23.0 Å². The Morgan fingerprint density at radius 2 is 1.06 bits per heavy atom. The van der Waals surface area contributed by atoms with Crippen LogP contribution in [0.3, 0.4) is 0 Å². The third-order valence-electron chi connectivity index (χ3n) is 4.02. The molecule has 4 aromatic rings. The molecule has 4 aromatic heterocycles. The van der Waals surface area contributed by atoms with Crippen molar-refractivity contribution in [3.05, 3.63) is 60.4 Å². The molecule has 0 N–H and O–H groups in total. The van der Waals surface area contributed by atoms with E-state index in [1.807, 2.05) is 36.4 Å². The van der Waals surface area contributed by atoms with Gasteiger partial charge < -0.3 is 20.2 Å². The van der Waals surface area contributed by atoms with E-state index in [4.69, 9.17) is 0 Å². The van der Waals surface area contributed by atoms with Crippen LogP contribution in [-0.2, 0) is 31.9 Å². The number of hydrogen-bond donors (Lipinski definition) is 0. The van der Waals surface area contributed by atoms with Crippen molar-refractivity contribution in [2.45, 2.75) is 52.4 Å². The van der Waals surface area contributed by atoms with E-state index >= 15 is 0 Å². The van der Waals surface area contributed by atoms with E-state index in [2.05, 4.69) is 81.9 Å². The molecule has 9 heteroatoms. The van der Waals surface area contributed by atoms with Gasteiger partial charge in [0.25, 0.3) is 0 Å². The topological polar surface area (TPSA) is 106 Å². The van der Waals surface area contributed by atoms with Gasteiger partial charge in [-0.2, -0.15) is 0 Å². The number of hydrogen-bond acceptors (Lipinski definition) is 6. The van der Waals surface area contributed by atoms with Crippen LogP contribution in [-0.4, -0.2) is 30.1 Å². The van der Waals surface area contributed by atoms with Gasteiger partial charge in [-0.1, -0.05) is 53.7 Å². The van der Waals surface area contributed by atoms with Gasteiger partial charge in [0, 0.05) is 34.9 Å². The van der Waals surface area contributed by atoms with Gasteiger partial charge in [0.15, 0.2) is 0 Å². The maximum Gasteiger partial charge on any atom is 2.00 e. The fraction of sp³-hybridized carbons (Fsp3) is 0.364. The van der Waals surface area contributed by atoms with Crippen molar-refractivity contribution in [3.8, 4) is 23.0 Å². The molecule has 0 bridgehead atoms. The third-order valence-corrected chi connectivity index (χ3v) is 4.02. The average Bonchev–Trinajstić information content (AvgIpc) is 3.40. The number of rotatable bonds is 2. The van der Waals surface area contributed by atoms with E-state index in [-0.39, 0.29) is 31.9 Å². The molecule has 0 atom stereocenters. The van der Waals surface area contributed by atoms with Crippen LogP contribution < -0.4 is 10.2 Å². The van der Waals surface area contributed by atoms with E-state index in [1.54, 1.807) is 12.4 Å². The van der Waals surface area contributed by atoms with Crippen LogP contribution in [0.1, 0.15) is 53.2 Å². The van der Waals surface area contributed by atoms with E-state index in [1.165, 1.54) is 0 Å². The number of aromatic nitrogens is 8. The largest absolute Gasteiger partial charge is 2.00 e. The Labute approximate surface area is 197 Å². The quantitative estimate of drug-likeness (QED) is 0.346. The van der Waals surface area contributed by atoms with Crippen molar-refractivity contribution in [3.63, 3.8) is 0 Å². The Bertz CT molecular complexity index is 980. The summed E-state index contributed by atoms with van der Waals surface area (Å²) in [5.41, 5.74) is 1.00. The molecule has 0 saturated heterocycles. The van der Waals surface area contributed by atoms with Gasteiger partial charge in [0.2, 0.25) is 0 Å². The van der Waals surface area contributed by atoms with Gasteiger partial charge in [-0.3, -0.25) is 15.2 Å². The predicted octanol–water partition coefficient (Wildman–Crippen LogP) is 3.58. The summed E-state index contributed by atoms with van der Waals surface area (Å²) in [4.78, 5) is 17.3. The molecule has 0 amide bonds. The van der Waals surface area contributed by atoms with Crippen molar-refractivity contribution in [2.75, 3.05) is 0 Å². The molecule has 0 aromatic carbocycles. The van der Waals surface area contributed by atoms with Crippen molar-refractivity contribution in [2.24, 2.45) is 0 Å².